The fourth-order valence-corrected chi connectivity index (χ4v) is 3.36. The van der Waals surface area contributed by atoms with Crippen LogP contribution < -0.4 is 5.32 Å². The highest BCUT2D eigenvalue weighted by Crippen LogP contribution is 2.23. The SMILES string of the molecule is CS(=O)(=O)Cc1cc(F)ccc1NC(=O)CC1=CCCCC1. The van der Waals surface area contributed by atoms with Gasteiger partial charge in [-0.15, -0.1) is 0 Å². The van der Waals surface area contributed by atoms with Crippen LogP contribution in [0.3, 0.4) is 0 Å². The number of benzene rings is 1. The van der Waals surface area contributed by atoms with E-state index in [-0.39, 0.29) is 17.2 Å². The summed E-state index contributed by atoms with van der Waals surface area (Å²) >= 11 is 0. The van der Waals surface area contributed by atoms with E-state index < -0.39 is 15.7 Å². The van der Waals surface area contributed by atoms with Gasteiger partial charge in [-0.1, -0.05) is 11.6 Å². The van der Waals surface area contributed by atoms with Gasteiger partial charge in [-0.2, -0.15) is 0 Å². The first-order valence-electron chi connectivity index (χ1n) is 7.27. The lowest BCUT2D eigenvalue weighted by Gasteiger charge is -2.14. The van der Waals surface area contributed by atoms with Crippen LogP contribution in [0.15, 0.2) is 29.8 Å². The van der Waals surface area contributed by atoms with Crippen molar-refractivity contribution in [2.45, 2.75) is 37.9 Å². The van der Waals surface area contributed by atoms with Crippen molar-refractivity contribution in [3.63, 3.8) is 0 Å². The Morgan fingerprint density at radius 1 is 1.32 bits per heavy atom. The number of rotatable bonds is 5. The van der Waals surface area contributed by atoms with Gasteiger partial charge in [0.1, 0.15) is 5.82 Å². The first-order valence-corrected chi connectivity index (χ1v) is 9.33. The van der Waals surface area contributed by atoms with Crippen molar-refractivity contribution in [1.82, 2.24) is 0 Å². The second-order valence-corrected chi connectivity index (χ2v) is 7.84. The Kier molecular flexibility index (Phi) is 5.34. The summed E-state index contributed by atoms with van der Waals surface area (Å²) in [6.07, 6.45) is 7.64. The molecule has 6 heteroatoms. The van der Waals surface area contributed by atoms with Crippen LogP contribution in [0.4, 0.5) is 10.1 Å². The van der Waals surface area contributed by atoms with Gasteiger partial charge in [0, 0.05) is 18.4 Å². The third-order valence-corrected chi connectivity index (χ3v) is 4.37. The summed E-state index contributed by atoms with van der Waals surface area (Å²) in [5, 5.41) is 2.70. The summed E-state index contributed by atoms with van der Waals surface area (Å²) in [6, 6.07) is 3.76. The lowest BCUT2D eigenvalue weighted by molar-refractivity contribution is -0.115. The minimum atomic E-state index is -3.31. The number of nitrogens with one attached hydrogen (secondary N) is 1. The quantitative estimate of drug-likeness (QED) is 0.846. The zero-order chi connectivity index (χ0) is 16.2. The van der Waals surface area contributed by atoms with Crippen molar-refractivity contribution in [1.29, 1.82) is 0 Å². The summed E-state index contributed by atoms with van der Waals surface area (Å²) < 4.78 is 36.2. The normalized spacial score (nSPS) is 15.3. The maximum Gasteiger partial charge on any atom is 0.228 e. The van der Waals surface area contributed by atoms with Gasteiger partial charge in [-0.25, -0.2) is 12.8 Å². The number of halogens is 1. The van der Waals surface area contributed by atoms with E-state index in [9.17, 15) is 17.6 Å². The molecular weight excluding hydrogens is 305 g/mol. The first kappa shape index (κ1) is 16.7. The van der Waals surface area contributed by atoms with Crippen LogP contribution in [0.1, 0.15) is 37.7 Å². The highest BCUT2D eigenvalue weighted by atomic mass is 32.2. The average Bonchev–Trinajstić information content (AvgIpc) is 2.41. The minimum Gasteiger partial charge on any atom is -0.326 e. The summed E-state index contributed by atoms with van der Waals surface area (Å²) in [5.74, 6) is -1.02. The molecule has 0 fully saturated rings. The molecule has 22 heavy (non-hydrogen) atoms. The van der Waals surface area contributed by atoms with Crippen LogP contribution in [-0.2, 0) is 20.4 Å². The Bertz CT molecular complexity index is 695. The zero-order valence-electron chi connectivity index (χ0n) is 12.6. The van der Waals surface area contributed by atoms with Gasteiger partial charge in [0.25, 0.3) is 0 Å². The Morgan fingerprint density at radius 3 is 2.73 bits per heavy atom. The third-order valence-electron chi connectivity index (χ3n) is 3.53. The van der Waals surface area contributed by atoms with E-state index in [1.54, 1.807) is 0 Å². The predicted molar refractivity (Wildman–Crippen MR) is 84.7 cm³/mol. The van der Waals surface area contributed by atoms with Crippen molar-refractivity contribution < 1.29 is 17.6 Å². The molecule has 0 radical (unpaired) electrons. The van der Waals surface area contributed by atoms with Gasteiger partial charge < -0.3 is 5.32 Å². The summed E-state index contributed by atoms with van der Waals surface area (Å²) in [4.78, 5) is 12.1. The Morgan fingerprint density at radius 2 is 2.09 bits per heavy atom. The van der Waals surface area contributed by atoms with Crippen molar-refractivity contribution in [2.24, 2.45) is 0 Å². The van der Waals surface area contributed by atoms with Crippen LogP contribution in [0.2, 0.25) is 0 Å². The van der Waals surface area contributed by atoms with Crippen molar-refractivity contribution in [3.8, 4) is 0 Å². The van der Waals surface area contributed by atoms with E-state index in [1.165, 1.54) is 12.1 Å². The number of hydrogen-bond donors (Lipinski definition) is 1. The Hall–Kier alpha value is -1.69. The molecule has 1 N–H and O–H groups in total. The molecule has 120 valence electrons. The molecule has 1 aromatic carbocycles. The molecule has 0 aromatic heterocycles. The van der Waals surface area contributed by atoms with Crippen molar-refractivity contribution in [2.75, 3.05) is 11.6 Å². The number of carbonyl (C=O) groups is 1. The summed E-state index contributed by atoms with van der Waals surface area (Å²) in [6.45, 7) is 0. The van der Waals surface area contributed by atoms with Gasteiger partial charge in [0.2, 0.25) is 5.91 Å². The van der Waals surface area contributed by atoms with E-state index >= 15 is 0 Å². The van der Waals surface area contributed by atoms with Crippen LogP contribution in [-0.4, -0.2) is 20.6 Å². The molecule has 0 saturated heterocycles. The molecule has 2 rings (SSSR count). The third kappa shape index (κ3) is 5.26. The molecule has 0 spiro atoms. The van der Waals surface area contributed by atoms with Gasteiger partial charge in [-0.3, -0.25) is 4.79 Å². The highest BCUT2D eigenvalue weighted by Gasteiger charge is 2.14. The van der Waals surface area contributed by atoms with Crippen molar-refractivity contribution >= 4 is 21.4 Å². The van der Waals surface area contributed by atoms with E-state index in [1.807, 2.05) is 0 Å². The van der Waals surface area contributed by atoms with Gasteiger partial charge in [0.05, 0.1) is 5.75 Å². The molecule has 1 amide bonds. The topological polar surface area (TPSA) is 63.2 Å². The number of sulfone groups is 1. The predicted octanol–water partition coefficient (Wildman–Crippen LogP) is 3.20. The highest BCUT2D eigenvalue weighted by molar-refractivity contribution is 7.89. The molecule has 1 aromatic rings. The molecule has 0 heterocycles. The molecule has 0 saturated carbocycles. The fraction of sp³-hybridized carbons (Fsp3) is 0.438. The van der Waals surface area contributed by atoms with E-state index in [2.05, 4.69) is 11.4 Å². The molecular formula is C16H20FNO3S. The molecule has 0 aliphatic heterocycles. The van der Waals surface area contributed by atoms with E-state index in [4.69, 9.17) is 0 Å². The first-order chi connectivity index (χ1) is 10.3. The molecule has 0 unspecified atom stereocenters. The smallest absolute Gasteiger partial charge is 0.228 e. The molecule has 1 aliphatic rings. The van der Waals surface area contributed by atoms with Gasteiger partial charge in [-0.05, 0) is 49.4 Å². The monoisotopic (exact) mass is 325 g/mol. The summed E-state index contributed by atoms with van der Waals surface area (Å²) in [7, 11) is -3.31. The van der Waals surface area contributed by atoms with Gasteiger partial charge >= 0.3 is 0 Å². The summed E-state index contributed by atoms with van der Waals surface area (Å²) in [5.41, 5.74) is 1.73. The maximum absolute atomic E-state index is 13.3. The molecule has 0 bridgehead atoms. The number of allylic oxidation sites excluding steroid dienone is 1. The number of hydrogen-bond acceptors (Lipinski definition) is 3. The van der Waals surface area contributed by atoms with E-state index in [0.29, 0.717) is 12.1 Å². The number of carbonyl (C=O) groups excluding carboxylic acids is 1. The average molecular weight is 325 g/mol. The van der Waals surface area contributed by atoms with Crippen molar-refractivity contribution in [3.05, 3.63) is 41.2 Å². The standard InChI is InChI=1S/C16H20FNO3S/c1-22(20,21)11-13-10-14(17)7-8-15(13)18-16(19)9-12-5-3-2-4-6-12/h5,7-8,10H,2-4,6,9,11H2,1H3,(H,18,19). The van der Waals surface area contributed by atoms with Crippen LogP contribution in [0.25, 0.3) is 0 Å². The zero-order valence-corrected chi connectivity index (χ0v) is 13.4. The van der Waals surface area contributed by atoms with Crippen LogP contribution in [0.5, 0.6) is 0 Å². The van der Waals surface area contributed by atoms with Crippen LogP contribution in [0, 0.1) is 5.82 Å². The van der Waals surface area contributed by atoms with Gasteiger partial charge in [0.15, 0.2) is 9.84 Å². The van der Waals surface area contributed by atoms with E-state index in [0.717, 1.165) is 43.6 Å². The second-order valence-electron chi connectivity index (χ2n) is 5.70. The number of anilines is 1. The lowest BCUT2D eigenvalue weighted by atomic mass is 9.97. The lowest BCUT2D eigenvalue weighted by Crippen LogP contribution is -2.15. The molecule has 4 nitrogen and oxygen atoms in total. The maximum atomic E-state index is 13.3. The Labute approximate surface area is 130 Å². The Balaban J connectivity index is 2.11. The minimum absolute atomic E-state index is 0.200. The molecule has 0 atom stereocenters. The largest absolute Gasteiger partial charge is 0.326 e. The second kappa shape index (κ2) is 7.05. The van der Waals surface area contributed by atoms with Crippen LogP contribution >= 0.6 is 0 Å². The fourth-order valence-electron chi connectivity index (χ4n) is 2.55. The molecule has 1 aliphatic carbocycles. The number of amides is 1.